The second-order valence-corrected chi connectivity index (χ2v) is 7.31. The molecule has 146 valence electrons. The highest BCUT2D eigenvalue weighted by molar-refractivity contribution is 5.89. The van der Waals surface area contributed by atoms with Gasteiger partial charge < -0.3 is 14.2 Å². The molecule has 0 N–H and O–H groups in total. The summed E-state index contributed by atoms with van der Waals surface area (Å²) in [6, 6.07) is 7.34. The van der Waals surface area contributed by atoms with Crippen molar-refractivity contribution in [1.29, 1.82) is 0 Å². The molecule has 0 unspecified atom stereocenters. The van der Waals surface area contributed by atoms with E-state index in [1.54, 1.807) is 25.3 Å². The molecule has 6 nitrogen and oxygen atoms in total. The summed E-state index contributed by atoms with van der Waals surface area (Å²) in [6.45, 7) is 9.76. The summed E-state index contributed by atoms with van der Waals surface area (Å²) < 4.78 is 16.3. The lowest BCUT2D eigenvalue weighted by atomic mass is 10.1. The number of carbonyl (C=O) groups excluding carboxylic acids is 1. The van der Waals surface area contributed by atoms with Crippen LogP contribution in [0.5, 0.6) is 11.5 Å². The first kappa shape index (κ1) is 20.6. The maximum atomic E-state index is 12.9. The summed E-state index contributed by atoms with van der Waals surface area (Å²) in [6.07, 6.45) is 1.27. The molecule has 27 heavy (non-hydrogen) atoms. The molecular formula is C21H28N2O4. The Morgan fingerprint density at radius 3 is 2.44 bits per heavy atom. The number of anilines is 1. The van der Waals surface area contributed by atoms with Crippen molar-refractivity contribution in [3.8, 4) is 11.5 Å². The van der Waals surface area contributed by atoms with Crippen molar-refractivity contribution in [2.75, 3.05) is 19.1 Å². The molecule has 1 aromatic carbocycles. The highest BCUT2D eigenvalue weighted by atomic mass is 16.6. The minimum atomic E-state index is -0.475. The number of ether oxygens (including phenoxy) is 3. The van der Waals surface area contributed by atoms with Gasteiger partial charge in [-0.2, -0.15) is 0 Å². The van der Waals surface area contributed by atoms with Gasteiger partial charge in [-0.25, -0.2) is 4.79 Å². The SMILES string of the molecule is COc1cccc(N(C(=O)OCc2ncc(C)c(OC)c2C)C(C)(C)C)c1. The molecule has 0 atom stereocenters. The molecule has 1 heterocycles. The molecule has 2 rings (SSSR count). The van der Waals surface area contributed by atoms with Crippen molar-refractivity contribution < 1.29 is 19.0 Å². The van der Waals surface area contributed by atoms with Crippen LogP contribution in [0.4, 0.5) is 10.5 Å². The number of hydrogen-bond acceptors (Lipinski definition) is 5. The molecule has 1 aromatic heterocycles. The molecule has 6 heteroatoms. The van der Waals surface area contributed by atoms with E-state index in [-0.39, 0.29) is 6.61 Å². The van der Waals surface area contributed by atoms with Crippen LogP contribution in [-0.2, 0) is 11.3 Å². The number of nitrogens with zero attached hydrogens (tertiary/aromatic N) is 2. The van der Waals surface area contributed by atoms with Gasteiger partial charge >= 0.3 is 6.09 Å². The van der Waals surface area contributed by atoms with Crippen LogP contribution in [-0.4, -0.2) is 30.8 Å². The number of aromatic nitrogens is 1. The van der Waals surface area contributed by atoms with E-state index in [1.165, 1.54) is 0 Å². The van der Waals surface area contributed by atoms with Gasteiger partial charge in [0.2, 0.25) is 0 Å². The Labute approximate surface area is 161 Å². The Kier molecular flexibility index (Phi) is 6.31. The average Bonchev–Trinajstić information content (AvgIpc) is 2.60. The molecule has 0 aliphatic heterocycles. The van der Waals surface area contributed by atoms with Gasteiger partial charge in [-0.1, -0.05) is 6.07 Å². The molecule has 0 saturated heterocycles. The topological polar surface area (TPSA) is 60.9 Å². The lowest BCUT2D eigenvalue weighted by Crippen LogP contribution is -2.46. The van der Waals surface area contributed by atoms with Gasteiger partial charge in [0, 0.05) is 28.9 Å². The molecule has 0 radical (unpaired) electrons. The number of amides is 1. The fourth-order valence-electron chi connectivity index (χ4n) is 2.93. The molecular weight excluding hydrogens is 344 g/mol. The van der Waals surface area contributed by atoms with E-state index >= 15 is 0 Å². The molecule has 2 aromatic rings. The average molecular weight is 372 g/mol. The first-order valence-corrected chi connectivity index (χ1v) is 8.79. The number of rotatable bonds is 5. The predicted molar refractivity (Wildman–Crippen MR) is 106 cm³/mol. The van der Waals surface area contributed by atoms with Gasteiger partial charge in [-0.3, -0.25) is 9.88 Å². The largest absolute Gasteiger partial charge is 0.497 e. The minimum absolute atomic E-state index is 0.0673. The van der Waals surface area contributed by atoms with Crippen LogP contribution in [0, 0.1) is 13.8 Å². The van der Waals surface area contributed by atoms with Crippen LogP contribution in [0.3, 0.4) is 0 Å². The van der Waals surface area contributed by atoms with Crippen molar-refractivity contribution in [3.05, 3.63) is 47.3 Å². The number of hydrogen-bond donors (Lipinski definition) is 0. The van der Waals surface area contributed by atoms with E-state index in [1.807, 2.05) is 58.9 Å². The van der Waals surface area contributed by atoms with Crippen molar-refractivity contribution in [3.63, 3.8) is 0 Å². The first-order chi connectivity index (χ1) is 12.7. The Balaban J connectivity index is 2.25. The van der Waals surface area contributed by atoms with E-state index in [9.17, 15) is 4.79 Å². The fraction of sp³-hybridized carbons (Fsp3) is 0.429. The van der Waals surface area contributed by atoms with Crippen molar-refractivity contribution in [2.45, 2.75) is 46.8 Å². The van der Waals surface area contributed by atoms with E-state index in [2.05, 4.69) is 4.98 Å². The summed E-state index contributed by atoms with van der Waals surface area (Å²) in [7, 11) is 3.22. The molecule has 0 bridgehead atoms. The van der Waals surface area contributed by atoms with Crippen molar-refractivity contribution in [2.24, 2.45) is 0 Å². The van der Waals surface area contributed by atoms with Crippen molar-refractivity contribution in [1.82, 2.24) is 4.98 Å². The summed E-state index contributed by atoms with van der Waals surface area (Å²) in [5.74, 6) is 1.44. The number of aryl methyl sites for hydroxylation is 1. The zero-order chi connectivity index (χ0) is 20.2. The number of carbonyl (C=O) groups is 1. The highest BCUT2D eigenvalue weighted by Crippen LogP contribution is 2.29. The first-order valence-electron chi connectivity index (χ1n) is 8.79. The standard InChI is InChI=1S/C21H28N2O4/c1-14-12-22-18(15(2)19(14)26-7)13-27-20(24)23(21(3,4)5)16-9-8-10-17(11-16)25-6/h8-12H,13H2,1-7H3. The van der Waals surface area contributed by atoms with Crippen LogP contribution in [0.2, 0.25) is 0 Å². The van der Waals surface area contributed by atoms with E-state index in [0.717, 1.165) is 16.9 Å². The lowest BCUT2D eigenvalue weighted by Gasteiger charge is -2.34. The zero-order valence-electron chi connectivity index (χ0n) is 17.1. The van der Waals surface area contributed by atoms with Crippen LogP contribution >= 0.6 is 0 Å². The molecule has 0 spiro atoms. The minimum Gasteiger partial charge on any atom is -0.497 e. The fourth-order valence-corrected chi connectivity index (χ4v) is 2.93. The predicted octanol–water partition coefficient (Wildman–Crippen LogP) is 4.66. The number of pyridine rings is 1. The summed E-state index contributed by atoms with van der Waals surface area (Å²) in [5.41, 5.74) is 2.71. The van der Waals surface area contributed by atoms with E-state index < -0.39 is 11.6 Å². The third-order valence-corrected chi connectivity index (χ3v) is 4.25. The van der Waals surface area contributed by atoms with Crippen LogP contribution in [0.15, 0.2) is 30.5 Å². The van der Waals surface area contributed by atoms with Gasteiger partial charge in [0.05, 0.1) is 25.6 Å². The van der Waals surface area contributed by atoms with Gasteiger partial charge in [-0.05, 0) is 46.8 Å². The smallest absolute Gasteiger partial charge is 0.415 e. The van der Waals surface area contributed by atoms with Crippen molar-refractivity contribution >= 4 is 11.8 Å². The Hall–Kier alpha value is -2.76. The van der Waals surface area contributed by atoms with Crippen LogP contribution in [0.1, 0.15) is 37.6 Å². The zero-order valence-corrected chi connectivity index (χ0v) is 17.1. The highest BCUT2D eigenvalue weighted by Gasteiger charge is 2.30. The monoisotopic (exact) mass is 372 g/mol. The molecule has 0 aliphatic rings. The maximum Gasteiger partial charge on any atom is 0.415 e. The number of methoxy groups -OCH3 is 2. The molecule has 1 amide bonds. The number of benzene rings is 1. The summed E-state index contributed by atoms with van der Waals surface area (Å²) >= 11 is 0. The molecule has 0 aliphatic carbocycles. The quantitative estimate of drug-likeness (QED) is 0.764. The van der Waals surface area contributed by atoms with Crippen LogP contribution in [0.25, 0.3) is 0 Å². The van der Waals surface area contributed by atoms with Crippen LogP contribution < -0.4 is 14.4 Å². The van der Waals surface area contributed by atoms with Gasteiger partial charge in [0.1, 0.15) is 18.1 Å². The van der Waals surface area contributed by atoms with Gasteiger partial charge in [0.15, 0.2) is 0 Å². The lowest BCUT2D eigenvalue weighted by molar-refractivity contribution is 0.140. The molecule has 0 saturated carbocycles. The molecule has 0 fully saturated rings. The maximum absolute atomic E-state index is 12.9. The second-order valence-electron chi connectivity index (χ2n) is 7.31. The normalized spacial score (nSPS) is 11.1. The second kappa shape index (κ2) is 8.29. The Morgan fingerprint density at radius 1 is 1.15 bits per heavy atom. The Bertz CT molecular complexity index is 812. The Morgan fingerprint density at radius 2 is 1.85 bits per heavy atom. The van der Waals surface area contributed by atoms with Gasteiger partial charge in [0.25, 0.3) is 0 Å². The van der Waals surface area contributed by atoms with E-state index in [0.29, 0.717) is 17.1 Å². The summed E-state index contributed by atoms with van der Waals surface area (Å²) in [5, 5.41) is 0. The van der Waals surface area contributed by atoms with E-state index in [4.69, 9.17) is 14.2 Å². The summed E-state index contributed by atoms with van der Waals surface area (Å²) in [4.78, 5) is 18.9. The third kappa shape index (κ3) is 4.70. The van der Waals surface area contributed by atoms with Gasteiger partial charge in [-0.15, -0.1) is 0 Å². The third-order valence-electron chi connectivity index (χ3n) is 4.25.